The number of Topliss-reactive ketones (excluding diaryl/α,β-unsaturated/α-hetero) is 1. The zero-order valence-electron chi connectivity index (χ0n) is 14.5. The molecular formula is C20H19ClN2O3. The molecule has 1 aliphatic heterocycles. The number of rotatable bonds is 5. The predicted octanol–water partition coefficient (Wildman–Crippen LogP) is 4.25. The Bertz CT molecular complexity index is 878. The van der Waals surface area contributed by atoms with Gasteiger partial charge in [0.15, 0.2) is 11.5 Å². The first-order valence-corrected chi connectivity index (χ1v) is 8.74. The molecule has 0 saturated carbocycles. The maximum atomic E-state index is 12.8. The van der Waals surface area contributed by atoms with Crippen molar-refractivity contribution in [2.24, 2.45) is 5.92 Å². The van der Waals surface area contributed by atoms with E-state index in [1.807, 2.05) is 13.8 Å². The van der Waals surface area contributed by atoms with Gasteiger partial charge in [0.2, 0.25) is 0 Å². The highest BCUT2D eigenvalue weighted by molar-refractivity contribution is 6.31. The smallest absolute Gasteiger partial charge is 0.294 e. The van der Waals surface area contributed by atoms with Crippen LogP contribution in [0.25, 0.3) is 0 Å². The molecular weight excluding hydrogens is 352 g/mol. The molecule has 1 unspecified atom stereocenters. The van der Waals surface area contributed by atoms with Crippen LogP contribution in [0.4, 0.5) is 5.69 Å². The number of nitrogens with zero attached hydrogens (tertiary/aromatic N) is 2. The molecule has 2 aromatic rings. The van der Waals surface area contributed by atoms with Crippen molar-refractivity contribution in [2.75, 3.05) is 4.90 Å². The number of hydrogen-bond acceptors (Lipinski definition) is 4. The molecule has 0 aliphatic carbocycles. The molecule has 0 spiro atoms. The molecule has 2 heterocycles. The van der Waals surface area contributed by atoms with E-state index < -0.39 is 17.7 Å². The second kappa shape index (κ2) is 7.30. The monoisotopic (exact) mass is 370 g/mol. The zero-order chi connectivity index (χ0) is 18.8. The minimum atomic E-state index is -0.784. The SMILES string of the molecule is CC(C)CC(=O)C1=C(O)C(=O)N(c2cccc(Cl)c2)C1c1ccccn1. The van der Waals surface area contributed by atoms with Crippen LogP contribution in [-0.4, -0.2) is 21.8 Å². The number of hydrogen-bond donors (Lipinski definition) is 1. The Labute approximate surface area is 156 Å². The summed E-state index contributed by atoms with van der Waals surface area (Å²) in [6.45, 7) is 3.83. The topological polar surface area (TPSA) is 70.5 Å². The van der Waals surface area contributed by atoms with Crippen molar-refractivity contribution in [3.8, 4) is 0 Å². The molecule has 1 N–H and O–H groups in total. The largest absolute Gasteiger partial charge is 0.503 e. The Hall–Kier alpha value is -2.66. The van der Waals surface area contributed by atoms with E-state index >= 15 is 0 Å². The van der Waals surface area contributed by atoms with Crippen molar-refractivity contribution in [1.29, 1.82) is 0 Å². The molecule has 1 aliphatic rings. The van der Waals surface area contributed by atoms with E-state index in [0.717, 1.165) is 0 Å². The lowest BCUT2D eigenvalue weighted by atomic mass is 9.94. The maximum absolute atomic E-state index is 12.8. The molecule has 1 amide bonds. The van der Waals surface area contributed by atoms with Crippen molar-refractivity contribution in [1.82, 2.24) is 4.98 Å². The summed E-state index contributed by atoms with van der Waals surface area (Å²) in [6, 6.07) is 11.2. The number of ketones is 1. The summed E-state index contributed by atoms with van der Waals surface area (Å²) in [5, 5.41) is 10.9. The van der Waals surface area contributed by atoms with Gasteiger partial charge in [-0.05, 0) is 36.2 Å². The van der Waals surface area contributed by atoms with Crippen LogP contribution in [0.3, 0.4) is 0 Å². The predicted molar refractivity (Wildman–Crippen MR) is 100 cm³/mol. The molecule has 0 saturated heterocycles. The molecule has 1 aromatic heterocycles. The van der Waals surface area contributed by atoms with Crippen LogP contribution in [0.15, 0.2) is 60.0 Å². The Morgan fingerprint density at radius 3 is 2.65 bits per heavy atom. The van der Waals surface area contributed by atoms with E-state index in [1.165, 1.54) is 4.90 Å². The highest BCUT2D eigenvalue weighted by Gasteiger charge is 2.44. The Morgan fingerprint density at radius 2 is 2.04 bits per heavy atom. The summed E-state index contributed by atoms with van der Waals surface area (Å²) in [6.07, 6.45) is 1.83. The molecule has 0 bridgehead atoms. The molecule has 1 atom stereocenters. The summed E-state index contributed by atoms with van der Waals surface area (Å²) in [7, 11) is 0. The van der Waals surface area contributed by atoms with Gasteiger partial charge >= 0.3 is 0 Å². The molecule has 5 nitrogen and oxygen atoms in total. The second-order valence-electron chi connectivity index (χ2n) is 6.60. The standard InChI is InChI=1S/C20H19ClN2O3/c1-12(2)10-16(24)17-18(15-8-3-4-9-22-15)23(20(26)19(17)25)14-7-5-6-13(21)11-14/h3-9,11-12,18,25H,10H2,1-2H3. The normalized spacial score (nSPS) is 17.3. The number of carbonyl (C=O) groups excluding carboxylic acids is 2. The van der Waals surface area contributed by atoms with Gasteiger partial charge in [-0.25, -0.2) is 0 Å². The fourth-order valence-electron chi connectivity index (χ4n) is 3.08. The average molecular weight is 371 g/mol. The van der Waals surface area contributed by atoms with Crippen LogP contribution in [0.1, 0.15) is 32.0 Å². The number of pyridine rings is 1. The van der Waals surface area contributed by atoms with Gasteiger partial charge in [0, 0.05) is 23.3 Å². The third-order valence-corrected chi connectivity index (χ3v) is 4.39. The first kappa shape index (κ1) is 18.1. The third kappa shape index (κ3) is 3.35. The van der Waals surface area contributed by atoms with Crippen LogP contribution < -0.4 is 4.90 Å². The molecule has 134 valence electrons. The Morgan fingerprint density at radius 1 is 1.27 bits per heavy atom. The summed E-state index contributed by atoms with van der Waals surface area (Å²) in [4.78, 5) is 31.3. The van der Waals surface area contributed by atoms with Crippen molar-refractivity contribution < 1.29 is 14.7 Å². The van der Waals surface area contributed by atoms with Gasteiger partial charge in [-0.1, -0.05) is 37.6 Å². The van der Waals surface area contributed by atoms with Crippen molar-refractivity contribution in [3.63, 3.8) is 0 Å². The Balaban J connectivity index is 2.14. The van der Waals surface area contributed by atoms with Crippen LogP contribution in [0.2, 0.25) is 5.02 Å². The maximum Gasteiger partial charge on any atom is 0.294 e. The number of benzene rings is 1. The van der Waals surface area contributed by atoms with E-state index in [0.29, 0.717) is 16.4 Å². The van der Waals surface area contributed by atoms with Crippen molar-refractivity contribution >= 4 is 29.0 Å². The molecule has 0 fully saturated rings. The minimum Gasteiger partial charge on any atom is -0.503 e. The molecule has 6 heteroatoms. The van der Waals surface area contributed by atoms with E-state index in [9.17, 15) is 14.7 Å². The molecule has 26 heavy (non-hydrogen) atoms. The van der Waals surface area contributed by atoms with E-state index in [4.69, 9.17) is 11.6 Å². The first-order chi connectivity index (χ1) is 12.4. The van der Waals surface area contributed by atoms with Crippen LogP contribution in [-0.2, 0) is 9.59 Å². The van der Waals surface area contributed by atoms with Gasteiger partial charge in [-0.3, -0.25) is 19.5 Å². The fourth-order valence-corrected chi connectivity index (χ4v) is 3.27. The van der Waals surface area contributed by atoms with Gasteiger partial charge < -0.3 is 5.11 Å². The lowest BCUT2D eigenvalue weighted by Crippen LogP contribution is -2.31. The number of aliphatic hydroxyl groups excluding tert-OH is 1. The molecule has 3 rings (SSSR count). The summed E-state index contributed by atoms with van der Waals surface area (Å²) in [5.41, 5.74) is 1.09. The summed E-state index contributed by atoms with van der Waals surface area (Å²) in [5.74, 6) is -1.31. The number of carbonyl (C=O) groups is 2. The minimum absolute atomic E-state index is 0.0855. The van der Waals surface area contributed by atoms with Crippen molar-refractivity contribution in [2.45, 2.75) is 26.3 Å². The number of aliphatic hydroxyl groups is 1. The first-order valence-electron chi connectivity index (χ1n) is 8.36. The third-order valence-electron chi connectivity index (χ3n) is 4.16. The number of amides is 1. The quantitative estimate of drug-likeness (QED) is 0.854. The number of anilines is 1. The van der Waals surface area contributed by atoms with Crippen LogP contribution >= 0.6 is 11.6 Å². The number of aromatic nitrogens is 1. The fraction of sp³-hybridized carbons (Fsp3) is 0.250. The lowest BCUT2D eigenvalue weighted by molar-refractivity contribution is -0.118. The van der Waals surface area contributed by atoms with Gasteiger partial charge in [-0.15, -0.1) is 0 Å². The summed E-state index contributed by atoms with van der Waals surface area (Å²) < 4.78 is 0. The summed E-state index contributed by atoms with van der Waals surface area (Å²) >= 11 is 6.07. The van der Waals surface area contributed by atoms with E-state index in [-0.39, 0.29) is 23.7 Å². The van der Waals surface area contributed by atoms with E-state index in [2.05, 4.69) is 4.98 Å². The van der Waals surface area contributed by atoms with Gasteiger partial charge in [0.25, 0.3) is 5.91 Å². The van der Waals surface area contributed by atoms with Crippen molar-refractivity contribution in [3.05, 3.63) is 70.7 Å². The number of halogens is 1. The second-order valence-corrected chi connectivity index (χ2v) is 7.03. The highest BCUT2D eigenvalue weighted by atomic mass is 35.5. The Kier molecular flexibility index (Phi) is 5.09. The van der Waals surface area contributed by atoms with Crippen LogP contribution in [0, 0.1) is 5.92 Å². The van der Waals surface area contributed by atoms with Gasteiger partial charge in [0.1, 0.15) is 6.04 Å². The molecule has 0 radical (unpaired) electrons. The molecule has 1 aromatic carbocycles. The highest BCUT2D eigenvalue weighted by Crippen LogP contribution is 2.41. The van der Waals surface area contributed by atoms with Crippen LogP contribution in [0.5, 0.6) is 0 Å². The van der Waals surface area contributed by atoms with Gasteiger partial charge in [0.05, 0.1) is 11.3 Å². The van der Waals surface area contributed by atoms with E-state index in [1.54, 1.807) is 48.7 Å². The zero-order valence-corrected chi connectivity index (χ0v) is 15.3. The van der Waals surface area contributed by atoms with Gasteiger partial charge in [-0.2, -0.15) is 0 Å². The lowest BCUT2D eigenvalue weighted by Gasteiger charge is -2.26. The average Bonchev–Trinajstić information content (AvgIpc) is 2.87.